The van der Waals surface area contributed by atoms with Crippen LogP contribution in [0.25, 0.3) is 11.0 Å². The molecule has 0 fully saturated rings. The number of benzene rings is 1. The summed E-state index contributed by atoms with van der Waals surface area (Å²) < 4.78 is 18.5. The highest BCUT2D eigenvalue weighted by Crippen LogP contribution is 2.03. The van der Waals surface area contributed by atoms with Gasteiger partial charge >= 0.3 is 0 Å². The molecule has 2 aromatic rings. The normalized spacial score (nSPS) is 11.5. The number of aromatic nitrogens is 3. The summed E-state index contributed by atoms with van der Waals surface area (Å²) in [7, 11) is 0. The minimum Gasteiger partial charge on any atom is -0.769 e. The molecule has 1 N–H and O–H groups in total. The minimum absolute atomic E-state index is 0.833. The zero-order chi connectivity index (χ0) is 10.4. The van der Waals surface area contributed by atoms with E-state index in [-0.39, 0.29) is 0 Å². The molecular formula is C8H8N3O2S-. The van der Waals surface area contributed by atoms with Crippen molar-refractivity contribution in [1.82, 2.24) is 15.4 Å². The van der Waals surface area contributed by atoms with Crippen LogP contribution in [0.4, 0.5) is 0 Å². The first-order valence-electron chi connectivity index (χ1n) is 3.70. The van der Waals surface area contributed by atoms with E-state index in [1.807, 2.05) is 24.3 Å². The Labute approximate surface area is 83.1 Å². The number of fused-ring (bicyclic) bond motifs is 1. The van der Waals surface area contributed by atoms with Crippen LogP contribution < -0.4 is 0 Å². The average Bonchev–Trinajstić information content (AvgIpc) is 2.66. The molecule has 5 nitrogen and oxygen atoms in total. The average molecular weight is 210 g/mol. The molecule has 14 heavy (non-hydrogen) atoms. The van der Waals surface area contributed by atoms with Crippen molar-refractivity contribution in [2.75, 3.05) is 0 Å². The zero-order valence-corrected chi connectivity index (χ0v) is 8.03. The van der Waals surface area contributed by atoms with E-state index in [0.717, 1.165) is 16.4 Å². The molecule has 0 aliphatic carbocycles. The molecule has 1 heterocycles. The van der Waals surface area contributed by atoms with Gasteiger partial charge < -0.3 is 4.55 Å². The predicted octanol–water partition coefficient (Wildman–Crippen LogP) is 0.967. The van der Waals surface area contributed by atoms with Crippen molar-refractivity contribution in [3.05, 3.63) is 36.3 Å². The Kier molecular flexibility index (Phi) is 3.96. The highest BCUT2D eigenvalue weighted by molar-refractivity contribution is 7.82. The van der Waals surface area contributed by atoms with Crippen LogP contribution in [0.5, 0.6) is 0 Å². The molecule has 0 bridgehead atoms. The minimum atomic E-state index is -2.06. The first-order valence-corrected chi connectivity index (χ1v) is 4.84. The zero-order valence-electron chi connectivity index (χ0n) is 7.21. The fourth-order valence-electron chi connectivity index (χ4n) is 0.786. The number of aromatic amines is 1. The molecule has 0 aliphatic rings. The van der Waals surface area contributed by atoms with E-state index in [4.69, 9.17) is 0 Å². The molecule has 0 amide bonds. The molecule has 1 atom stereocenters. The van der Waals surface area contributed by atoms with E-state index in [0.29, 0.717) is 0 Å². The summed E-state index contributed by atoms with van der Waals surface area (Å²) in [5.41, 5.74) is 1.83. The lowest BCUT2D eigenvalue weighted by molar-refractivity contribution is 0.546. The standard InChI is InChI=1S/C6H5N3.C2H4O2S/c1-2-4-6-5(3-1)7-9-8-6;1-2-5(3)4/h1-4H,(H,7,8,9);2H,1H2,(H,3,4)/p-1. The highest BCUT2D eigenvalue weighted by Gasteiger charge is 1.90. The smallest absolute Gasteiger partial charge is 0.112 e. The molecule has 74 valence electrons. The Bertz CT molecular complexity index is 411. The highest BCUT2D eigenvalue weighted by atomic mass is 32.2. The molecule has 0 aliphatic heterocycles. The second kappa shape index (κ2) is 5.25. The van der Waals surface area contributed by atoms with Gasteiger partial charge in [-0.25, -0.2) is 0 Å². The van der Waals surface area contributed by atoms with Gasteiger partial charge in [0.05, 0.1) is 0 Å². The van der Waals surface area contributed by atoms with Gasteiger partial charge in [0.1, 0.15) is 11.0 Å². The van der Waals surface area contributed by atoms with E-state index in [2.05, 4.69) is 22.0 Å². The summed E-state index contributed by atoms with van der Waals surface area (Å²) in [6, 6.07) is 7.70. The summed E-state index contributed by atoms with van der Waals surface area (Å²) in [6.45, 7) is 2.95. The van der Waals surface area contributed by atoms with E-state index >= 15 is 0 Å². The Morgan fingerprint density at radius 3 is 2.14 bits per heavy atom. The van der Waals surface area contributed by atoms with Crippen molar-refractivity contribution >= 4 is 22.1 Å². The first-order chi connectivity index (χ1) is 6.74. The quantitative estimate of drug-likeness (QED) is 0.711. The topological polar surface area (TPSA) is 81.7 Å². The SMILES string of the molecule is C=CS(=O)[O-].c1ccc2n[nH]nc2c1. The number of para-hydroxylation sites is 2. The number of nitrogens with zero attached hydrogens (tertiary/aromatic N) is 2. The number of hydrogen-bond acceptors (Lipinski definition) is 4. The maximum Gasteiger partial charge on any atom is 0.112 e. The van der Waals surface area contributed by atoms with Crippen LogP contribution in [-0.4, -0.2) is 24.2 Å². The third kappa shape index (κ3) is 3.08. The van der Waals surface area contributed by atoms with E-state index in [9.17, 15) is 8.76 Å². The lowest BCUT2D eigenvalue weighted by Crippen LogP contribution is -1.71. The summed E-state index contributed by atoms with van der Waals surface area (Å²) in [6.07, 6.45) is 0. The van der Waals surface area contributed by atoms with Crippen LogP contribution in [0.1, 0.15) is 0 Å². The van der Waals surface area contributed by atoms with Crippen molar-refractivity contribution in [2.45, 2.75) is 0 Å². The summed E-state index contributed by atoms with van der Waals surface area (Å²) in [5, 5.41) is 11.1. The van der Waals surface area contributed by atoms with Crippen molar-refractivity contribution < 1.29 is 8.76 Å². The Morgan fingerprint density at radius 1 is 1.36 bits per heavy atom. The van der Waals surface area contributed by atoms with Gasteiger partial charge in [-0.15, -0.1) is 0 Å². The molecule has 0 radical (unpaired) electrons. The number of hydrogen-bond donors (Lipinski definition) is 1. The van der Waals surface area contributed by atoms with Crippen LogP contribution in [0.2, 0.25) is 0 Å². The molecule has 0 saturated heterocycles. The van der Waals surface area contributed by atoms with E-state index in [1.54, 1.807) is 0 Å². The maximum atomic E-state index is 9.25. The largest absolute Gasteiger partial charge is 0.769 e. The predicted molar refractivity (Wildman–Crippen MR) is 53.0 cm³/mol. The van der Waals surface area contributed by atoms with Gasteiger partial charge in [-0.3, -0.25) is 4.21 Å². The lowest BCUT2D eigenvalue weighted by Gasteiger charge is -1.88. The lowest BCUT2D eigenvalue weighted by atomic mass is 10.3. The molecule has 0 saturated carbocycles. The monoisotopic (exact) mass is 210 g/mol. The van der Waals surface area contributed by atoms with Gasteiger partial charge in [-0.1, -0.05) is 18.7 Å². The summed E-state index contributed by atoms with van der Waals surface area (Å²) in [4.78, 5) is 0. The van der Waals surface area contributed by atoms with Crippen LogP contribution in [0.15, 0.2) is 36.3 Å². The molecular weight excluding hydrogens is 202 g/mol. The second-order valence-electron chi connectivity index (χ2n) is 2.24. The van der Waals surface area contributed by atoms with Crippen LogP contribution in [0.3, 0.4) is 0 Å². The van der Waals surface area contributed by atoms with Crippen LogP contribution >= 0.6 is 0 Å². The van der Waals surface area contributed by atoms with Gasteiger partial charge in [0, 0.05) is 0 Å². The van der Waals surface area contributed by atoms with Gasteiger partial charge in [0.25, 0.3) is 0 Å². The molecule has 6 heteroatoms. The molecule has 2 rings (SSSR count). The van der Waals surface area contributed by atoms with Crippen molar-refractivity contribution in [2.24, 2.45) is 0 Å². The molecule has 1 unspecified atom stereocenters. The Hall–Kier alpha value is -1.53. The van der Waals surface area contributed by atoms with E-state index < -0.39 is 11.1 Å². The van der Waals surface area contributed by atoms with Gasteiger partial charge in [0.15, 0.2) is 0 Å². The molecule has 1 aromatic carbocycles. The number of rotatable bonds is 1. The summed E-state index contributed by atoms with van der Waals surface area (Å²) >= 11 is -2.06. The second-order valence-corrected chi connectivity index (χ2v) is 3.09. The number of H-pyrrole nitrogens is 1. The third-order valence-electron chi connectivity index (χ3n) is 1.36. The Morgan fingerprint density at radius 2 is 1.79 bits per heavy atom. The first kappa shape index (κ1) is 10.6. The summed E-state index contributed by atoms with van der Waals surface area (Å²) in [5.74, 6) is 0. The fourth-order valence-corrected chi connectivity index (χ4v) is 0.786. The van der Waals surface area contributed by atoms with Gasteiger partial charge in [-0.2, -0.15) is 15.4 Å². The van der Waals surface area contributed by atoms with Crippen molar-refractivity contribution in [3.63, 3.8) is 0 Å². The Balaban J connectivity index is 0.000000171. The third-order valence-corrected chi connectivity index (χ3v) is 1.63. The number of nitrogens with one attached hydrogen (secondary N) is 1. The van der Waals surface area contributed by atoms with Crippen molar-refractivity contribution in [3.8, 4) is 0 Å². The van der Waals surface area contributed by atoms with Gasteiger partial charge in [0.2, 0.25) is 0 Å². The maximum absolute atomic E-state index is 9.25. The van der Waals surface area contributed by atoms with Crippen LogP contribution in [-0.2, 0) is 11.1 Å². The van der Waals surface area contributed by atoms with Crippen LogP contribution in [0, 0.1) is 0 Å². The fraction of sp³-hybridized carbons (Fsp3) is 0. The van der Waals surface area contributed by atoms with E-state index in [1.165, 1.54) is 0 Å². The molecule has 1 aromatic heterocycles. The van der Waals surface area contributed by atoms with Gasteiger partial charge in [-0.05, 0) is 28.6 Å². The molecule has 0 spiro atoms. The van der Waals surface area contributed by atoms with Crippen molar-refractivity contribution in [1.29, 1.82) is 0 Å².